The Morgan fingerprint density at radius 2 is 1.70 bits per heavy atom. The molecule has 0 aliphatic carbocycles. The fourth-order valence-electron chi connectivity index (χ4n) is 4.09. The number of fused-ring (bicyclic) bond motifs is 2. The van der Waals surface area contributed by atoms with Crippen LogP contribution in [0.2, 0.25) is 0 Å². The molecule has 1 fully saturated rings. The minimum absolute atomic E-state index is 0.0157. The van der Waals surface area contributed by atoms with Crippen LogP contribution in [0.25, 0.3) is 0 Å². The second-order valence-electron chi connectivity index (χ2n) is 8.29. The standard InChI is InChI=1S/C22H27N3O7S/c1-20(27)12-24(10-11-32-22(30,31)14-26)13-21(28,29)25(20)19-15-6-2-4-8-17(15)33-18-9-5-3-7-16(18)23-19/h2-9,26-31H,10-14H2,1H3. The van der Waals surface area contributed by atoms with Gasteiger partial charge in [0.25, 0.3) is 5.91 Å². The van der Waals surface area contributed by atoms with Crippen molar-refractivity contribution in [2.24, 2.45) is 4.99 Å². The zero-order chi connectivity index (χ0) is 23.9. The Labute approximate surface area is 195 Å². The van der Waals surface area contributed by atoms with Gasteiger partial charge in [-0.1, -0.05) is 42.1 Å². The first-order valence-corrected chi connectivity index (χ1v) is 11.2. The number of nitrogens with zero attached hydrogens (tertiary/aromatic N) is 3. The molecule has 2 aromatic carbocycles. The van der Waals surface area contributed by atoms with Gasteiger partial charge in [-0.05, 0) is 25.1 Å². The highest BCUT2D eigenvalue weighted by molar-refractivity contribution is 7.99. The molecule has 0 radical (unpaired) electrons. The topological polar surface area (TPSA) is 149 Å². The molecule has 33 heavy (non-hydrogen) atoms. The van der Waals surface area contributed by atoms with Gasteiger partial charge in [-0.25, -0.2) is 4.99 Å². The number of para-hydroxylation sites is 1. The summed E-state index contributed by atoms with van der Waals surface area (Å²) in [6, 6.07) is 14.9. The summed E-state index contributed by atoms with van der Waals surface area (Å²) >= 11 is 1.51. The zero-order valence-electron chi connectivity index (χ0n) is 18.0. The number of amidine groups is 1. The van der Waals surface area contributed by atoms with E-state index < -0.39 is 24.2 Å². The third kappa shape index (κ3) is 5.06. The van der Waals surface area contributed by atoms with Gasteiger partial charge in [-0.2, -0.15) is 0 Å². The van der Waals surface area contributed by atoms with Crippen molar-refractivity contribution in [1.29, 1.82) is 0 Å². The van der Waals surface area contributed by atoms with Crippen LogP contribution in [0.15, 0.2) is 63.3 Å². The number of ether oxygens (including phenoxy) is 1. The Morgan fingerprint density at radius 1 is 1.03 bits per heavy atom. The largest absolute Gasteiger partial charge is 0.388 e. The number of aliphatic imine (C=N–C) groups is 1. The lowest BCUT2D eigenvalue weighted by Crippen LogP contribution is -2.73. The minimum atomic E-state index is -2.69. The number of piperazine rings is 1. The van der Waals surface area contributed by atoms with Gasteiger partial charge in [0.2, 0.25) is 0 Å². The third-order valence-electron chi connectivity index (χ3n) is 5.40. The zero-order valence-corrected chi connectivity index (χ0v) is 18.8. The number of hydrogen-bond acceptors (Lipinski definition) is 11. The lowest BCUT2D eigenvalue weighted by atomic mass is 10.0. The number of aliphatic hydroxyl groups is 6. The molecular weight excluding hydrogens is 450 g/mol. The van der Waals surface area contributed by atoms with Crippen LogP contribution < -0.4 is 0 Å². The van der Waals surface area contributed by atoms with E-state index in [2.05, 4.69) is 0 Å². The second-order valence-corrected chi connectivity index (χ2v) is 9.37. The van der Waals surface area contributed by atoms with E-state index in [-0.39, 0.29) is 32.1 Å². The minimum Gasteiger partial charge on any atom is -0.388 e. The number of benzene rings is 2. The summed E-state index contributed by atoms with van der Waals surface area (Å²) < 4.78 is 4.80. The molecule has 0 saturated carbocycles. The summed E-state index contributed by atoms with van der Waals surface area (Å²) in [6.07, 6.45) is 0. The van der Waals surface area contributed by atoms with Crippen molar-refractivity contribution < 1.29 is 35.4 Å². The molecule has 1 unspecified atom stereocenters. The Kier molecular flexibility index (Phi) is 6.53. The molecule has 11 heteroatoms. The van der Waals surface area contributed by atoms with Crippen molar-refractivity contribution >= 4 is 23.3 Å². The normalized spacial score (nSPS) is 22.9. The van der Waals surface area contributed by atoms with Crippen LogP contribution in [-0.4, -0.2) is 96.7 Å². The fraction of sp³-hybridized carbons (Fsp3) is 0.409. The van der Waals surface area contributed by atoms with E-state index in [0.717, 1.165) is 14.7 Å². The maximum absolute atomic E-state index is 11.4. The molecule has 2 heterocycles. The molecule has 0 amide bonds. The molecule has 4 rings (SSSR count). The lowest BCUT2D eigenvalue weighted by molar-refractivity contribution is -0.354. The second kappa shape index (κ2) is 8.95. The average Bonchev–Trinajstić information content (AvgIpc) is 2.88. The summed E-state index contributed by atoms with van der Waals surface area (Å²) in [6.45, 7) is -0.0673. The number of rotatable bonds is 5. The van der Waals surface area contributed by atoms with Gasteiger partial charge in [-0.3, -0.25) is 9.80 Å². The van der Waals surface area contributed by atoms with Gasteiger partial charge in [0.1, 0.15) is 12.4 Å². The molecule has 0 aromatic heterocycles. The highest BCUT2D eigenvalue weighted by atomic mass is 32.2. The smallest absolute Gasteiger partial charge is 0.302 e. The van der Waals surface area contributed by atoms with Gasteiger partial charge in [0, 0.05) is 28.4 Å². The quantitative estimate of drug-likeness (QED) is 0.321. The van der Waals surface area contributed by atoms with Gasteiger partial charge in [0.15, 0.2) is 5.72 Å². The summed E-state index contributed by atoms with van der Waals surface area (Å²) in [5.41, 5.74) is -0.469. The van der Waals surface area contributed by atoms with Crippen LogP contribution in [0.3, 0.4) is 0 Å². The molecule has 10 nitrogen and oxygen atoms in total. The van der Waals surface area contributed by atoms with Gasteiger partial charge >= 0.3 is 5.97 Å². The Bertz CT molecular complexity index is 1030. The molecule has 1 saturated heterocycles. The first kappa shape index (κ1) is 24.1. The van der Waals surface area contributed by atoms with Gasteiger partial charge in [-0.15, -0.1) is 0 Å². The van der Waals surface area contributed by atoms with Crippen molar-refractivity contribution in [2.45, 2.75) is 34.3 Å². The van der Waals surface area contributed by atoms with Crippen molar-refractivity contribution in [3.63, 3.8) is 0 Å². The molecular formula is C22H27N3O7S. The number of aliphatic hydroxyl groups excluding tert-OH is 1. The van der Waals surface area contributed by atoms with Crippen LogP contribution >= 0.6 is 11.8 Å². The van der Waals surface area contributed by atoms with Crippen LogP contribution in [0, 0.1) is 0 Å². The van der Waals surface area contributed by atoms with Crippen LogP contribution in [0.4, 0.5) is 5.69 Å². The van der Waals surface area contributed by atoms with E-state index in [0.29, 0.717) is 11.3 Å². The fourth-order valence-corrected chi connectivity index (χ4v) is 5.10. The maximum atomic E-state index is 11.4. The lowest BCUT2D eigenvalue weighted by Gasteiger charge is -2.53. The summed E-state index contributed by atoms with van der Waals surface area (Å²) in [4.78, 5) is 9.10. The van der Waals surface area contributed by atoms with Crippen molar-refractivity contribution in [3.05, 3.63) is 54.1 Å². The van der Waals surface area contributed by atoms with Crippen LogP contribution in [0.1, 0.15) is 12.5 Å². The summed E-state index contributed by atoms with van der Waals surface area (Å²) in [5.74, 6) is -4.98. The van der Waals surface area contributed by atoms with E-state index in [9.17, 15) is 25.5 Å². The van der Waals surface area contributed by atoms with Crippen LogP contribution in [-0.2, 0) is 4.74 Å². The van der Waals surface area contributed by atoms with Crippen molar-refractivity contribution in [2.75, 3.05) is 32.8 Å². The first-order chi connectivity index (χ1) is 15.5. The van der Waals surface area contributed by atoms with Crippen LogP contribution in [0.5, 0.6) is 0 Å². The SMILES string of the molecule is CC1(O)CN(CCOC(O)(O)CO)CC(O)(O)N1C1=Nc2ccccc2Sc2ccccc21. The highest BCUT2D eigenvalue weighted by Crippen LogP contribution is 2.42. The summed E-state index contributed by atoms with van der Waals surface area (Å²) in [5, 5.41) is 61.1. The maximum Gasteiger partial charge on any atom is 0.302 e. The highest BCUT2D eigenvalue weighted by Gasteiger charge is 2.52. The average molecular weight is 478 g/mol. The van der Waals surface area contributed by atoms with E-state index >= 15 is 0 Å². The van der Waals surface area contributed by atoms with E-state index in [1.807, 2.05) is 48.5 Å². The van der Waals surface area contributed by atoms with Gasteiger partial charge in [0.05, 0.1) is 18.8 Å². The van der Waals surface area contributed by atoms with Crippen molar-refractivity contribution in [3.8, 4) is 0 Å². The predicted octanol–water partition coefficient (Wildman–Crippen LogP) is -0.159. The molecule has 2 aliphatic heterocycles. The molecule has 0 spiro atoms. The molecule has 2 aliphatic rings. The van der Waals surface area contributed by atoms with Gasteiger partial charge < -0.3 is 35.4 Å². The monoisotopic (exact) mass is 477 g/mol. The first-order valence-electron chi connectivity index (χ1n) is 10.4. The molecule has 0 bridgehead atoms. The predicted molar refractivity (Wildman–Crippen MR) is 119 cm³/mol. The molecule has 6 N–H and O–H groups in total. The van der Waals surface area contributed by atoms with E-state index in [1.54, 1.807) is 0 Å². The Balaban J connectivity index is 1.67. The Morgan fingerprint density at radius 3 is 2.39 bits per heavy atom. The number of β-amino-alcohol motifs (C(OH)–C–C–N with tert-alkyl or cyclic N) is 3. The van der Waals surface area contributed by atoms with E-state index in [4.69, 9.17) is 14.8 Å². The molecule has 178 valence electrons. The van der Waals surface area contributed by atoms with Crippen molar-refractivity contribution in [1.82, 2.24) is 9.80 Å². The summed E-state index contributed by atoms with van der Waals surface area (Å²) in [7, 11) is 0. The third-order valence-corrected chi connectivity index (χ3v) is 6.54. The Hall–Kier alpha value is -2.06. The number of hydrogen-bond donors (Lipinski definition) is 6. The van der Waals surface area contributed by atoms with E-state index in [1.165, 1.54) is 23.6 Å². The molecule has 2 aromatic rings. The molecule has 1 atom stereocenters.